The average molecular weight is 602 g/mol. The van der Waals surface area contributed by atoms with Crippen molar-refractivity contribution < 1.29 is 22.7 Å². The fraction of sp³-hybridized carbons (Fsp3) is 0.375. The number of hydrogen-bond acceptors (Lipinski definition) is 9. The van der Waals surface area contributed by atoms with Crippen LogP contribution in [-0.4, -0.2) is 66.4 Å². The molecule has 3 aromatic heterocycles. The van der Waals surface area contributed by atoms with Crippen LogP contribution in [0.5, 0.6) is 0 Å². The molecule has 0 saturated carbocycles. The largest absolute Gasteiger partial charge is 0.375 e. The molecule has 2 aliphatic rings. The van der Waals surface area contributed by atoms with E-state index in [4.69, 9.17) is 19.4 Å². The molecule has 0 bridgehead atoms. The molecule has 0 radical (unpaired) electrons. The van der Waals surface area contributed by atoms with Gasteiger partial charge in [-0.1, -0.05) is 6.07 Å². The molecule has 224 valence electrons. The third-order valence-corrected chi connectivity index (χ3v) is 10.1. The monoisotopic (exact) mass is 601 g/mol. The molecule has 1 saturated heterocycles. The molecule has 0 aliphatic carbocycles. The maximum atomic E-state index is 13.1. The minimum Gasteiger partial charge on any atom is -0.375 e. The lowest BCUT2D eigenvalue weighted by atomic mass is 10.0. The van der Waals surface area contributed by atoms with E-state index in [9.17, 15) is 13.2 Å². The Morgan fingerprint density at radius 1 is 1.02 bits per heavy atom. The average Bonchev–Trinajstić information content (AvgIpc) is 3.10. The summed E-state index contributed by atoms with van der Waals surface area (Å²) in [5.74, 6) is 0.512. The van der Waals surface area contributed by atoms with Gasteiger partial charge in [-0.2, -0.15) is 0 Å². The number of carbonyl (C=O) groups is 1. The third-order valence-electron chi connectivity index (χ3n) is 7.93. The van der Waals surface area contributed by atoms with Crippen molar-refractivity contribution in [3.63, 3.8) is 0 Å². The molecule has 6 rings (SSSR count). The highest BCUT2D eigenvalue weighted by molar-refractivity contribution is 7.92. The zero-order valence-corrected chi connectivity index (χ0v) is 25.5. The Labute approximate surface area is 251 Å². The van der Waals surface area contributed by atoms with Crippen molar-refractivity contribution in [2.45, 2.75) is 63.2 Å². The molecule has 1 N–H and O–H groups in total. The van der Waals surface area contributed by atoms with Crippen molar-refractivity contribution in [3.05, 3.63) is 77.1 Å². The van der Waals surface area contributed by atoms with Crippen molar-refractivity contribution in [1.82, 2.24) is 20.3 Å². The molecule has 11 heteroatoms. The Balaban J connectivity index is 1.21. The van der Waals surface area contributed by atoms with Gasteiger partial charge in [0.05, 0.1) is 64.7 Å². The van der Waals surface area contributed by atoms with Crippen molar-refractivity contribution in [1.29, 1.82) is 0 Å². The number of carbonyl (C=O) groups excluding carboxylic acids is 1. The van der Waals surface area contributed by atoms with Crippen LogP contribution in [-0.2, 0) is 32.5 Å². The molecular formula is C32H35N5O5S. The number of sulfone groups is 1. The normalized spacial score (nSPS) is 21.7. The number of nitrogens with zero attached hydrogens (tertiary/aromatic N) is 4. The number of rotatable bonds is 5. The van der Waals surface area contributed by atoms with E-state index in [1.54, 1.807) is 26.1 Å². The number of fused-ring (bicyclic) bond motifs is 2. The van der Waals surface area contributed by atoms with E-state index in [1.807, 2.05) is 36.4 Å². The highest BCUT2D eigenvalue weighted by Gasteiger charge is 2.31. The number of morpholine rings is 1. The Bertz CT molecular complexity index is 1800. The van der Waals surface area contributed by atoms with Crippen LogP contribution in [0.4, 0.5) is 5.82 Å². The van der Waals surface area contributed by atoms with E-state index in [2.05, 4.69) is 29.0 Å². The Kier molecular flexibility index (Phi) is 7.89. The van der Waals surface area contributed by atoms with E-state index in [0.717, 1.165) is 41.2 Å². The molecule has 0 unspecified atom stereocenters. The lowest BCUT2D eigenvalue weighted by Crippen LogP contribution is -2.45. The minimum atomic E-state index is -3.61. The van der Waals surface area contributed by atoms with Gasteiger partial charge in [0.2, 0.25) is 0 Å². The molecule has 10 nitrogen and oxygen atoms in total. The summed E-state index contributed by atoms with van der Waals surface area (Å²) in [6.45, 7) is 9.59. The number of anilines is 1. The highest BCUT2D eigenvalue weighted by Crippen LogP contribution is 2.29. The summed E-state index contributed by atoms with van der Waals surface area (Å²) in [7, 11) is -3.61. The highest BCUT2D eigenvalue weighted by atomic mass is 32.2. The van der Waals surface area contributed by atoms with Gasteiger partial charge in [0.1, 0.15) is 5.82 Å². The summed E-state index contributed by atoms with van der Waals surface area (Å²) in [5.41, 5.74) is 4.47. The predicted molar refractivity (Wildman–Crippen MR) is 164 cm³/mol. The van der Waals surface area contributed by atoms with Gasteiger partial charge in [-0.3, -0.25) is 9.78 Å². The first-order chi connectivity index (χ1) is 20.6. The number of aromatic nitrogens is 3. The fourth-order valence-corrected chi connectivity index (χ4v) is 7.23. The second-order valence-corrected chi connectivity index (χ2v) is 13.8. The van der Waals surface area contributed by atoms with Crippen LogP contribution in [0.25, 0.3) is 22.3 Å². The third kappa shape index (κ3) is 5.97. The van der Waals surface area contributed by atoms with Gasteiger partial charge in [0.25, 0.3) is 5.91 Å². The van der Waals surface area contributed by atoms with Crippen molar-refractivity contribution in [2.24, 2.45) is 0 Å². The maximum absolute atomic E-state index is 13.1. The zero-order valence-electron chi connectivity index (χ0n) is 24.7. The van der Waals surface area contributed by atoms with E-state index in [-0.39, 0.29) is 48.3 Å². The lowest BCUT2D eigenvalue weighted by molar-refractivity contribution is -0.00545. The maximum Gasteiger partial charge on any atom is 0.251 e. The van der Waals surface area contributed by atoms with Crippen LogP contribution in [0.2, 0.25) is 0 Å². The molecule has 2 aliphatic heterocycles. The van der Waals surface area contributed by atoms with Crippen LogP contribution >= 0.6 is 0 Å². The first kappa shape index (κ1) is 29.2. The molecule has 43 heavy (non-hydrogen) atoms. The fourth-order valence-electron chi connectivity index (χ4n) is 5.67. The summed E-state index contributed by atoms with van der Waals surface area (Å²) in [6.07, 6.45) is 1.99. The molecular weight excluding hydrogens is 566 g/mol. The van der Waals surface area contributed by atoms with Crippen molar-refractivity contribution in [2.75, 3.05) is 24.6 Å². The Hall–Kier alpha value is -3.93. The number of benzene rings is 1. The van der Waals surface area contributed by atoms with Gasteiger partial charge < -0.3 is 19.7 Å². The molecule has 1 amide bonds. The summed E-state index contributed by atoms with van der Waals surface area (Å²) in [5, 5.41) is 3.07. The van der Waals surface area contributed by atoms with Crippen LogP contribution in [0.15, 0.2) is 59.6 Å². The number of amides is 1. The predicted octanol–water partition coefficient (Wildman–Crippen LogP) is 4.24. The molecule has 0 spiro atoms. The first-order valence-electron chi connectivity index (χ1n) is 14.5. The summed E-state index contributed by atoms with van der Waals surface area (Å²) in [6, 6.07) is 14.8. The number of pyridine rings is 3. The van der Waals surface area contributed by atoms with Gasteiger partial charge in [-0.25, -0.2) is 18.4 Å². The first-order valence-corrected chi connectivity index (χ1v) is 16.0. The molecule has 3 atom stereocenters. The number of ether oxygens (including phenoxy) is 2. The van der Waals surface area contributed by atoms with E-state index in [1.165, 1.54) is 6.07 Å². The number of nitrogens with one attached hydrogen (secondary N) is 1. The quantitative estimate of drug-likeness (QED) is 0.358. The minimum absolute atomic E-state index is 0.120. The van der Waals surface area contributed by atoms with Crippen LogP contribution in [0, 0.1) is 6.92 Å². The number of hydrogen-bond donors (Lipinski definition) is 1. The summed E-state index contributed by atoms with van der Waals surface area (Å²) < 4.78 is 37.6. The van der Waals surface area contributed by atoms with E-state index < -0.39 is 15.1 Å². The molecule has 4 aromatic rings. The second kappa shape index (κ2) is 11.6. The van der Waals surface area contributed by atoms with E-state index >= 15 is 0 Å². The van der Waals surface area contributed by atoms with Gasteiger partial charge in [-0.15, -0.1) is 0 Å². The Morgan fingerprint density at radius 3 is 2.58 bits per heavy atom. The molecule has 5 heterocycles. The van der Waals surface area contributed by atoms with Crippen LogP contribution in [0.1, 0.15) is 48.0 Å². The van der Waals surface area contributed by atoms with E-state index in [0.29, 0.717) is 16.8 Å². The SMILES string of the molecule is Cc1cc(C(=O)NCc2cc3nc(-c4cccc(N5C[C@@H](C)O[C@@H](C)C5)n4)ccc3cn2)cc2c1COC[C@H](C)S2(=O)=O. The topological polar surface area (TPSA) is 124 Å². The lowest BCUT2D eigenvalue weighted by Gasteiger charge is -2.36. The van der Waals surface area contributed by atoms with Crippen molar-refractivity contribution >= 4 is 32.5 Å². The Morgan fingerprint density at radius 2 is 1.79 bits per heavy atom. The van der Waals surface area contributed by atoms with Crippen LogP contribution in [0.3, 0.4) is 0 Å². The van der Waals surface area contributed by atoms with Gasteiger partial charge in [0, 0.05) is 30.2 Å². The number of aryl methyl sites for hydroxylation is 1. The summed E-state index contributed by atoms with van der Waals surface area (Å²) in [4.78, 5) is 29.8. The second-order valence-electron chi connectivity index (χ2n) is 11.4. The van der Waals surface area contributed by atoms with Gasteiger partial charge >= 0.3 is 0 Å². The zero-order chi connectivity index (χ0) is 30.3. The smallest absolute Gasteiger partial charge is 0.251 e. The summed E-state index contributed by atoms with van der Waals surface area (Å²) >= 11 is 0. The molecule has 1 fully saturated rings. The molecule has 1 aromatic carbocycles. The van der Waals surface area contributed by atoms with Crippen LogP contribution < -0.4 is 10.2 Å². The van der Waals surface area contributed by atoms with Gasteiger partial charge in [-0.05, 0) is 81.3 Å². The standard InChI is InChI=1S/C32H35N5O5S/c1-19-10-24(11-30-26(19)18-41-17-22(4)43(30,39)40)32(38)34-14-25-12-29-23(13-33-25)8-9-28(35-29)27-6-5-7-31(36-27)37-15-20(2)42-21(3)16-37/h5-13,20-22H,14-18H2,1-4H3,(H,34,38)/t20-,21+,22-/m0/s1. The van der Waals surface area contributed by atoms with Gasteiger partial charge in [0.15, 0.2) is 9.84 Å². The van der Waals surface area contributed by atoms with Crippen molar-refractivity contribution in [3.8, 4) is 11.4 Å².